The Morgan fingerprint density at radius 3 is 2.81 bits per heavy atom. The van der Waals surface area contributed by atoms with Gasteiger partial charge in [-0.05, 0) is 31.9 Å². The number of carbonyl (C=O) groups is 1. The Bertz CT molecular complexity index is 917. The molecule has 1 saturated heterocycles. The molecule has 1 aliphatic rings. The number of imidazole rings is 1. The average molecular weight is 371 g/mol. The van der Waals surface area contributed by atoms with Gasteiger partial charge in [-0.25, -0.2) is 15.0 Å². The number of nitrogens with zero attached hydrogens (tertiary/aromatic N) is 4. The largest absolute Gasteiger partial charge is 0.341 e. The number of anilines is 1. The van der Waals surface area contributed by atoms with E-state index < -0.39 is 0 Å². The molecule has 7 nitrogen and oxygen atoms in total. The van der Waals surface area contributed by atoms with Gasteiger partial charge in [-0.15, -0.1) is 0 Å². The molecule has 0 radical (unpaired) electrons. The van der Waals surface area contributed by atoms with E-state index in [1.54, 1.807) is 0 Å². The molecule has 0 bridgehead atoms. The van der Waals surface area contributed by atoms with Crippen molar-refractivity contribution in [3.63, 3.8) is 0 Å². The van der Waals surface area contributed by atoms with Crippen LogP contribution in [0.4, 0.5) is 5.95 Å². The van der Waals surface area contributed by atoms with Crippen molar-refractivity contribution in [3.8, 4) is 0 Å². The Labute approximate surface area is 155 Å². The highest BCUT2D eigenvalue weighted by molar-refractivity contribution is 6.33. The van der Waals surface area contributed by atoms with Gasteiger partial charge in [0.15, 0.2) is 5.69 Å². The highest BCUT2D eigenvalue weighted by atomic mass is 35.5. The van der Waals surface area contributed by atoms with Crippen LogP contribution in [0.2, 0.25) is 5.02 Å². The second-order valence-electron chi connectivity index (χ2n) is 6.40. The third kappa shape index (κ3) is 3.22. The van der Waals surface area contributed by atoms with Crippen LogP contribution in [0.3, 0.4) is 0 Å². The number of halogens is 1. The molecule has 8 heteroatoms. The van der Waals surface area contributed by atoms with Crippen LogP contribution in [-0.2, 0) is 0 Å². The van der Waals surface area contributed by atoms with Crippen molar-refractivity contribution < 1.29 is 4.79 Å². The number of amides is 1. The lowest BCUT2D eigenvalue weighted by Gasteiger charge is -2.17. The van der Waals surface area contributed by atoms with Crippen LogP contribution in [0.1, 0.15) is 42.1 Å². The number of carbonyl (C=O) groups excluding carboxylic acids is 1. The molecular weight excluding hydrogens is 352 g/mol. The Hall–Kier alpha value is -2.67. The summed E-state index contributed by atoms with van der Waals surface area (Å²) in [6, 6.07) is 7.43. The molecule has 2 aromatic heterocycles. The molecule has 0 aliphatic carbocycles. The van der Waals surface area contributed by atoms with Gasteiger partial charge in [-0.3, -0.25) is 4.79 Å². The number of benzene rings is 1. The predicted octanol–water partition coefficient (Wildman–Crippen LogP) is 3.10. The third-order valence-electron chi connectivity index (χ3n) is 4.50. The Balaban J connectivity index is 1.54. The number of rotatable bonds is 4. The average Bonchev–Trinajstić information content (AvgIpc) is 3.31. The fourth-order valence-corrected chi connectivity index (χ4v) is 3.27. The molecule has 26 heavy (non-hydrogen) atoms. The summed E-state index contributed by atoms with van der Waals surface area (Å²) < 4.78 is 0. The summed E-state index contributed by atoms with van der Waals surface area (Å²) >= 11 is 6.16. The number of nitrogens with one attached hydrogen (secondary N) is 2. The minimum atomic E-state index is -0.342. The van der Waals surface area contributed by atoms with Crippen LogP contribution in [0.5, 0.6) is 0 Å². The fraction of sp³-hybridized carbons (Fsp3) is 0.333. The quantitative estimate of drug-likeness (QED) is 0.736. The fourth-order valence-electron chi connectivity index (χ4n) is 3.10. The zero-order chi connectivity index (χ0) is 18.1. The molecule has 134 valence electrons. The van der Waals surface area contributed by atoms with E-state index in [0.29, 0.717) is 11.8 Å². The summed E-state index contributed by atoms with van der Waals surface area (Å²) in [5, 5.41) is 3.14. The van der Waals surface area contributed by atoms with Crippen LogP contribution in [0.15, 0.2) is 30.5 Å². The van der Waals surface area contributed by atoms with E-state index in [1.807, 2.05) is 31.2 Å². The number of aromatic amines is 1. The van der Waals surface area contributed by atoms with Crippen molar-refractivity contribution in [2.24, 2.45) is 0 Å². The summed E-state index contributed by atoms with van der Waals surface area (Å²) in [4.78, 5) is 31.1. The topological polar surface area (TPSA) is 86.8 Å². The normalized spacial score (nSPS) is 15.4. The van der Waals surface area contributed by atoms with Gasteiger partial charge in [-0.1, -0.05) is 23.7 Å². The lowest BCUT2D eigenvalue weighted by Crippen LogP contribution is -2.29. The zero-order valence-corrected chi connectivity index (χ0v) is 15.1. The van der Waals surface area contributed by atoms with Crippen molar-refractivity contribution in [1.29, 1.82) is 0 Å². The first-order valence-corrected chi connectivity index (χ1v) is 9.02. The third-order valence-corrected chi connectivity index (χ3v) is 4.78. The first-order chi connectivity index (χ1) is 12.6. The highest BCUT2D eigenvalue weighted by Crippen LogP contribution is 2.21. The summed E-state index contributed by atoms with van der Waals surface area (Å²) in [5.41, 5.74) is 1.98. The van der Waals surface area contributed by atoms with Crippen molar-refractivity contribution in [3.05, 3.63) is 47.0 Å². The van der Waals surface area contributed by atoms with Crippen molar-refractivity contribution >= 4 is 34.5 Å². The minimum absolute atomic E-state index is 0.187. The smallest absolute Gasteiger partial charge is 0.272 e. The number of hydrogen-bond donors (Lipinski definition) is 2. The zero-order valence-electron chi connectivity index (χ0n) is 14.4. The lowest BCUT2D eigenvalue weighted by atomic mass is 10.3. The maximum atomic E-state index is 12.7. The Morgan fingerprint density at radius 2 is 2.04 bits per heavy atom. The molecule has 1 amide bonds. The predicted molar refractivity (Wildman–Crippen MR) is 100 cm³/mol. The van der Waals surface area contributed by atoms with E-state index in [1.165, 1.54) is 6.20 Å². The van der Waals surface area contributed by atoms with E-state index in [9.17, 15) is 4.79 Å². The van der Waals surface area contributed by atoms with Crippen LogP contribution < -0.4 is 10.2 Å². The molecule has 1 aromatic carbocycles. The SMILES string of the molecule is C[C@H](NC(=O)c1nc(N2CCCC2)ncc1Cl)c1nc2ccccc2[nH]1. The molecule has 0 spiro atoms. The van der Waals surface area contributed by atoms with Gasteiger partial charge in [0.1, 0.15) is 5.82 Å². The van der Waals surface area contributed by atoms with Crippen molar-refractivity contribution in [2.45, 2.75) is 25.8 Å². The van der Waals surface area contributed by atoms with Gasteiger partial charge in [-0.2, -0.15) is 0 Å². The first-order valence-electron chi connectivity index (χ1n) is 8.65. The van der Waals surface area contributed by atoms with Gasteiger partial charge in [0.25, 0.3) is 5.91 Å². The standard InChI is InChI=1S/C18H19ClN6O/c1-11(16-22-13-6-2-3-7-14(13)23-16)21-17(26)15-12(19)10-20-18(24-15)25-8-4-5-9-25/h2-3,6-7,10-11H,4-5,8-9H2,1H3,(H,21,26)(H,22,23)/t11-/m0/s1. The van der Waals surface area contributed by atoms with E-state index in [-0.39, 0.29) is 22.7 Å². The van der Waals surface area contributed by atoms with E-state index in [0.717, 1.165) is 37.0 Å². The van der Waals surface area contributed by atoms with Crippen molar-refractivity contribution in [2.75, 3.05) is 18.0 Å². The molecule has 3 heterocycles. The second-order valence-corrected chi connectivity index (χ2v) is 6.80. The highest BCUT2D eigenvalue weighted by Gasteiger charge is 2.21. The number of fused-ring (bicyclic) bond motifs is 1. The van der Waals surface area contributed by atoms with Gasteiger partial charge in [0.05, 0.1) is 28.3 Å². The Morgan fingerprint density at radius 1 is 1.27 bits per heavy atom. The van der Waals surface area contributed by atoms with Crippen LogP contribution in [0, 0.1) is 0 Å². The van der Waals surface area contributed by atoms with E-state index in [2.05, 4.69) is 30.2 Å². The summed E-state index contributed by atoms with van der Waals surface area (Å²) in [7, 11) is 0. The molecule has 1 aliphatic heterocycles. The van der Waals surface area contributed by atoms with Gasteiger partial charge in [0, 0.05) is 13.1 Å². The van der Waals surface area contributed by atoms with Gasteiger partial charge in [0.2, 0.25) is 5.95 Å². The number of hydrogen-bond acceptors (Lipinski definition) is 5. The maximum absolute atomic E-state index is 12.7. The summed E-state index contributed by atoms with van der Waals surface area (Å²) in [5.74, 6) is 0.892. The van der Waals surface area contributed by atoms with E-state index in [4.69, 9.17) is 11.6 Å². The van der Waals surface area contributed by atoms with Gasteiger partial charge >= 0.3 is 0 Å². The molecule has 2 N–H and O–H groups in total. The molecule has 1 atom stereocenters. The van der Waals surface area contributed by atoms with Crippen LogP contribution in [0.25, 0.3) is 11.0 Å². The summed E-state index contributed by atoms with van der Waals surface area (Å²) in [6.45, 7) is 3.67. The number of H-pyrrole nitrogens is 1. The van der Waals surface area contributed by atoms with Gasteiger partial charge < -0.3 is 15.2 Å². The molecule has 0 saturated carbocycles. The first kappa shape index (κ1) is 16.8. The summed E-state index contributed by atoms with van der Waals surface area (Å²) in [6.07, 6.45) is 3.70. The minimum Gasteiger partial charge on any atom is -0.341 e. The molecule has 1 fully saturated rings. The molecule has 4 rings (SSSR count). The molecule has 3 aromatic rings. The van der Waals surface area contributed by atoms with E-state index >= 15 is 0 Å². The van der Waals surface area contributed by atoms with Crippen LogP contribution in [-0.4, -0.2) is 38.9 Å². The second kappa shape index (κ2) is 6.92. The molecule has 0 unspecified atom stereocenters. The monoisotopic (exact) mass is 370 g/mol. The Kier molecular flexibility index (Phi) is 4.46. The number of para-hydroxylation sites is 2. The van der Waals surface area contributed by atoms with Crippen molar-refractivity contribution in [1.82, 2.24) is 25.3 Å². The lowest BCUT2D eigenvalue weighted by molar-refractivity contribution is 0.0933. The maximum Gasteiger partial charge on any atom is 0.272 e. The van der Waals surface area contributed by atoms with Crippen LogP contribution >= 0.6 is 11.6 Å². The molecular formula is C18H19ClN6O. The number of aromatic nitrogens is 4.